The molecule has 0 unspecified atom stereocenters. The molecule has 1 aromatic rings. The summed E-state index contributed by atoms with van der Waals surface area (Å²) in [6.45, 7) is 0.516. The SMILES string of the molecule is CNCC=Cc1cn[nH]c1C(F)(F)F. The molecule has 14 heavy (non-hydrogen) atoms. The standard InChI is InChI=1S/C8H10F3N3/c1-12-4-2-3-6-5-13-14-7(6)8(9,10)11/h2-3,5,12H,4H2,1H3,(H,13,14). The summed E-state index contributed by atoms with van der Waals surface area (Å²) in [4.78, 5) is 0. The monoisotopic (exact) mass is 205 g/mol. The molecule has 3 nitrogen and oxygen atoms in total. The van der Waals surface area contributed by atoms with Crippen LogP contribution in [0, 0.1) is 0 Å². The highest BCUT2D eigenvalue weighted by Crippen LogP contribution is 2.30. The molecule has 6 heteroatoms. The Balaban J connectivity index is 2.83. The molecule has 78 valence electrons. The maximum atomic E-state index is 12.3. The summed E-state index contributed by atoms with van der Waals surface area (Å²) in [5, 5.41) is 8.07. The minimum atomic E-state index is -4.38. The van der Waals surface area contributed by atoms with Crippen molar-refractivity contribution < 1.29 is 13.2 Å². The van der Waals surface area contributed by atoms with E-state index in [9.17, 15) is 13.2 Å². The van der Waals surface area contributed by atoms with Crippen LogP contribution in [0.15, 0.2) is 12.3 Å². The van der Waals surface area contributed by atoms with E-state index in [1.807, 2.05) is 5.10 Å². The number of halogens is 3. The molecule has 0 saturated carbocycles. The Bertz CT molecular complexity index is 314. The number of hydrogen-bond acceptors (Lipinski definition) is 2. The molecular weight excluding hydrogens is 195 g/mol. The second-order valence-corrected chi connectivity index (χ2v) is 2.66. The quantitative estimate of drug-likeness (QED) is 0.787. The molecule has 0 radical (unpaired) electrons. The number of aromatic amines is 1. The highest BCUT2D eigenvalue weighted by molar-refractivity contribution is 5.51. The number of alkyl halides is 3. The predicted octanol–water partition coefficient (Wildman–Crippen LogP) is 1.66. The zero-order valence-electron chi connectivity index (χ0n) is 7.52. The highest BCUT2D eigenvalue weighted by atomic mass is 19.4. The molecule has 0 spiro atoms. The van der Waals surface area contributed by atoms with Gasteiger partial charge in [0, 0.05) is 12.1 Å². The van der Waals surface area contributed by atoms with Crippen molar-refractivity contribution in [1.29, 1.82) is 0 Å². The van der Waals surface area contributed by atoms with E-state index in [1.165, 1.54) is 6.08 Å². The number of hydrogen-bond donors (Lipinski definition) is 2. The van der Waals surface area contributed by atoms with Gasteiger partial charge in [-0.25, -0.2) is 0 Å². The van der Waals surface area contributed by atoms with Gasteiger partial charge in [0.2, 0.25) is 0 Å². The van der Waals surface area contributed by atoms with Gasteiger partial charge in [0.1, 0.15) is 5.69 Å². The van der Waals surface area contributed by atoms with E-state index >= 15 is 0 Å². The molecule has 1 heterocycles. The van der Waals surface area contributed by atoms with E-state index in [0.717, 1.165) is 6.20 Å². The van der Waals surface area contributed by atoms with E-state index in [2.05, 4.69) is 10.4 Å². The number of rotatable bonds is 3. The van der Waals surface area contributed by atoms with E-state index in [-0.39, 0.29) is 5.56 Å². The lowest BCUT2D eigenvalue weighted by molar-refractivity contribution is -0.141. The van der Waals surface area contributed by atoms with Crippen molar-refractivity contribution in [3.05, 3.63) is 23.5 Å². The van der Waals surface area contributed by atoms with Crippen LogP contribution in [0.5, 0.6) is 0 Å². The minimum Gasteiger partial charge on any atom is -0.316 e. The predicted molar refractivity (Wildman–Crippen MR) is 46.6 cm³/mol. The van der Waals surface area contributed by atoms with Crippen LogP contribution in [0.1, 0.15) is 11.3 Å². The van der Waals surface area contributed by atoms with Crippen molar-refractivity contribution in [1.82, 2.24) is 15.5 Å². The van der Waals surface area contributed by atoms with Gasteiger partial charge in [0.25, 0.3) is 0 Å². The van der Waals surface area contributed by atoms with Gasteiger partial charge in [0.15, 0.2) is 0 Å². The number of likely N-dealkylation sites (N-methyl/N-ethyl adjacent to an activating group) is 1. The fourth-order valence-electron chi connectivity index (χ4n) is 0.953. The molecule has 0 fully saturated rings. The van der Waals surface area contributed by atoms with Gasteiger partial charge < -0.3 is 5.32 Å². The first-order chi connectivity index (χ1) is 6.55. The van der Waals surface area contributed by atoms with Crippen molar-refractivity contribution in [3.8, 4) is 0 Å². The lowest BCUT2D eigenvalue weighted by atomic mass is 10.2. The van der Waals surface area contributed by atoms with Crippen LogP contribution >= 0.6 is 0 Å². The summed E-state index contributed by atoms with van der Waals surface area (Å²) < 4.78 is 36.8. The molecule has 0 aliphatic heterocycles. The van der Waals surface area contributed by atoms with Crippen LogP contribution in [0.3, 0.4) is 0 Å². The zero-order chi connectivity index (χ0) is 10.6. The third-order valence-electron chi connectivity index (χ3n) is 1.57. The van der Waals surface area contributed by atoms with E-state index in [0.29, 0.717) is 6.54 Å². The maximum absolute atomic E-state index is 12.3. The smallest absolute Gasteiger partial charge is 0.316 e. The molecule has 0 aliphatic carbocycles. The fourth-order valence-corrected chi connectivity index (χ4v) is 0.953. The van der Waals surface area contributed by atoms with Gasteiger partial charge in [-0.05, 0) is 7.05 Å². The Labute approximate surface area is 79.0 Å². The molecule has 0 saturated heterocycles. The average Bonchev–Trinajstić information content (AvgIpc) is 2.52. The first-order valence-electron chi connectivity index (χ1n) is 3.97. The molecular formula is C8H10F3N3. The second-order valence-electron chi connectivity index (χ2n) is 2.66. The minimum absolute atomic E-state index is 0.0488. The van der Waals surface area contributed by atoms with Crippen LogP contribution < -0.4 is 5.32 Å². The normalized spacial score (nSPS) is 12.6. The third kappa shape index (κ3) is 2.59. The zero-order valence-corrected chi connectivity index (χ0v) is 7.52. The van der Waals surface area contributed by atoms with Crippen molar-refractivity contribution in [3.63, 3.8) is 0 Å². The summed E-state index contributed by atoms with van der Waals surface area (Å²) in [6.07, 6.45) is -0.256. The van der Waals surface area contributed by atoms with Crippen LogP contribution in [0.25, 0.3) is 6.08 Å². The van der Waals surface area contributed by atoms with Crippen LogP contribution in [-0.2, 0) is 6.18 Å². The van der Waals surface area contributed by atoms with Crippen molar-refractivity contribution in [2.24, 2.45) is 0 Å². The summed E-state index contributed by atoms with van der Waals surface area (Å²) in [5.41, 5.74) is -0.766. The van der Waals surface area contributed by atoms with Gasteiger partial charge in [-0.2, -0.15) is 18.3 Å². The van der Waals surface area contributed by atoms with Crippen molar-refractivity contribution >= 4 is 6.08 Å². The summed E-state index contributed by atoms with van der Waals surface area (Å²) >= 11 is 0. The lowest BCUT2D eigenvalue weighted by Gasteiger charge is -2.03. The number of nitrogens with one attached hydrogen (secondary N) is 2. The third-order valence-corrected chi connectivity index (χ3v) is 1.57. The van der Waals surface area contributed by atoms with Gasteiger partial charge in [-0.15, -0.1) is 0 Å². The fraction of sp³-hybridized carbons (Fsp3) is 0.375. The molecule has 0 atom stereocenters. The van der Waals surface area contributed by atoms with Gasteiger partial charge in [-0.1, -0.05) is 12.2 Å². The Morgan fingerprint density at radius 3 is 2.86 bits per heavy atom. The first kappa shape index (κ1) is 10.8. The van der Waals surface area contributed by atoms with E-state index < -0.39 is 11.9 Å². The van der Waals surface area contributed by atoms with Gasteiger partial charge in [-0.3, -0.25) is 5.10 Å². The van der Waals surface area contributed by atoms with Gasteiger partial charge in [0.05, 0.1) is 6.20 Å². The molecule has 0 aromatic carbocycles. The van der Waals surface area contributed by atoms with Crippen LogP contribution in [0.4, 0.5) is 13.2 Å². The lowest BCUT2D eigenvalue weighted by Crippen LogP contribution is -2.07. The van der Waals surface area contributed by atoms with Crippen molar-refractivity contribution in [2.75, 3.05) is 13.6 Å². The van der Waals surface area contributed by atoms with Crippen molar-refractivity contribution in [2.45, 2.75) is 6.18 Å². The Kier molecular flexibility index (Phi) is 3.29. The van der Waals surface area contributed by atoms with E-state index in [4.69, 9.17) is 0 Å². The molecule has 2 N–H and O–H groups in total. The maximum Gasteiger partial charge on any atom is 0.433 e. The Hall–Kier alpha value is -1.30. The number of aromatic nitrogens is 2. The summed E-state index contributed by atoms with van der Waals surface area (Å²) in [6, 6.07) is 0. The first-order valence-corrected chi connectivity index (χ1v) is 3.97. The average molecular weight is 205 g/mol. The Morgan fingerprint density at radius 2 is 2.29 bits per heavy atom. The summed E-state index contributed by atoms with van der Waals surface area (Å²) in [7, 11) is 1.71. The molecule has 0 bridgehead atoms. The number of H-pyrrole nitrogens is 1. The molecule has 0 amide bonds. The van der Waals surface area contributed by atoms with Gasteiger partial charge >= 0.3 is 6.18 Å². The Morgan fingerprint density at radius 1 is 1.57 bits per heavy atom. The second kappa shape index (κ2) is 4.28. The van der Waals surface area contributed by atoms with Crippen LogP contribution in [0.2, 0.25) is 0 Å². The summed E-state index contributed by atoms with van der Waals surface area (Å²) in [5.74, 6) is 0. The number of nitrogens with zero attached hydrogens (tertiary/aromatic N) is 1. The molecule has 1 rings (SSSR count). The molecule has 0 aliphatic rings. The molecule has 1 aromatic heterocycles. The largest absolute Gasteiger partial charge is 0.433 e. The van der Waals surface area contributed by atoms with E-state index in [1.54, 1.807) is 13.1 Å². The highest BCUT2D eigenvalue weighted by Gasteiger charge is 2.34. The topological polar surface area (TPSA) is 40.7 Å². The van der Waals surface area contributed by atoms with Crippen LogP contribution in [-0.4, -0.2) is 23.8 Å².